The van der Waals surface area contributed by atoms with E-state index in [1.165, 1.54) is 0 Å². The molecular formula is C10H13N5O. The molecule has 2 aromatic rings. The van der Waals surface area contributed by atoms with Gasteiger partial charge in [-0.3, -0.25) is 5.10 Å². The first kappa shape index (κ1) is 10.4. The molecule has 2 aromatic heterocycles. The fraction of sp³-hybridized carbons (Fsp3) is 0.300. The number of nitrogens with one attached hydrogen (secondary N) is 2. The van der Waals surface area contributed by atoms with Gasteiger partial charge in [0.15, 0.2) is 5.82 Å². The van der Waals surface area contributed by atoms with Crippen LogP contribution in [0.25, 0.3) is 0 Å². The fourth-order valence-corrected chi connectivity index (χ4v) is 1.22. The number of anilines is 2. The Morgan fingerprint density at radius 2 is 2.31 bits per heavy atom. The smallest absolute Gasteiger partial charge is 0.318 e. The van der Waals surface area contributed by atoms with Gasteiger partial charge in [-0.2, -0.15) is 10.1 Å². The number of aryl methyl sites for hydroxylation is 1. The highest BCUT2D eigenvalue weighted by Gasteiger charge is 2.02. The van der Waals surface area contributed by atoms with Gasteiger partial charge in [0.1, 0.15) is 5.82 Å². The molecule has 2 N–H and O–H groups in total. The fourth-order valence-electron chi connectivity index (χ4n) is 1.22. The highest BCUT2D eigenvalue weighted by molar-refractivity contribution is 5.51. The molecule has 0 bridgehead atoms. The number of hydrogen-bond acceptors (Lipinski definition) is 5. The highest BCUT2D eigenvalue weighted by Crippen LogP contribution is 2.13. The van der Waals surface area contributed by atoms with E-state index in [9.17, 15) is 0 Å². The predicted molar refractivity (Wildman–Crippen MR) is 59.8 cm³/mol. The molecule has 0 aromatic carbocycles. The zero-order valence-electron chi connectivity index (χ0n) is 9.19. The van der Waals surface area contributed by atoms with Gasteiger partial charge in [-0.25, -0.2) is 4.98 Å². The summed E-state index contributed by atoms with van der Waals surface area (Å²) in [5.41, 5.74) is 0.988. The molecule has 0 amide bonds. The highest BCUT2D eigenvalue weighted by atomic mass is 16.5. The Hall–Kier alpha value is -2.11. The lowest BCUT2D eigenvalue weighted by Gasteiger charge is -2.03. The maximum absolute atomic E-state index is 5.20. The number of hydrogen-bond donors (Lipinski definition) is 2. The summed E-state index contributed by atoms with van der Waals surface area (Å²) in [4.78, 5) is 8.14. The second kappa shape index (κ2) is 4.61. The van der Waals surface area contributed by atoms with E-state index in [2.05, 4.69) is 25.5 Å². The van der Waals surface area contributed by atoms with Crippen LogP contribution in [0.1, 0.15) is 12.6 Å². The van der Waals surface area contributed by atoms with Crippen molar-refractivity contribution in [2.24, 2.45) is 0 Å². The average molecular weight is 219 g/mol. The standard InChI is InChI=1S/C10H13N5O/c1-3-16-10-11-5-4-8(13-10)12-9-6-7(2)14-15-9/h4-6H,3H2,1-2H3,(H2,11,12,13,14,15). The van der Waals surface area contributed by atoms with Crippen LogP contribution >= 0.6 is 0 Å². The summed E-state index contributed by atoms with van der Waals surface area (Å²) in [7, 11) is 0. The molecule has 16 heavy (non-hydrogen) atoms. The maximum Gasteiger partial charge on any atom is 0.318 e. The molecule has 2 heterocycles. The molecule has 0 fully saturated rings. The largest absolute Gasteiger partial charge is 0.464 e. The van der Waals surface area contributed by atoms with Crippen LogP contribution in [0.2, 0.25) is 0 Å². The lowest BCUT2D eigenvalue weighted by Crippen LogP contribution is -2.00. The molecule has 0 radical (unpaired) electrons. The van der Waals surface area contributed by atoms with Crippen molar-refractivity contribution in [1.82, 2.24) is 20.2 Å². The Morgan fingerprint density at radius 1 is 1.44 bits per heavy atom. The van der Waals surface area contributed by atoms with Crippen molar-refractivity contribution in [2.45, 2.75) is 13.8 Å². The summed E-state index contributed by atoms with van der Waals surface area (Å²) in [6.45, 7) is 4.37. The molecule has 0 unspecified atom stereocenters. The minimum absolute atomic E-state index is 0.361. The van der Waals surface area contributed by atoms with Crippen LogP contribution in [0.5, 0.6) is 6.01 Å². The minimum atomic E-state index is 0.361. The van der Waals surface area contributed by atoms with Crippen molar-refractivity contribution in [3.8, 4) is 6.01 Å². The van der Waals surface area contributed by atoms with Crippen LogP contribution in [0, 0.1) is 6.92 Å². The van der Waals surface area contributed by atoms with Gasteiger partial charge in [-0.05, 0) is 19.9 Å². The van der Waals surface area contributed by atoms with Crippen molar-refractivity contribution in [3.63, 3.8) is 0 Å². The number of ether oxygens (including phenoxy) is 1. The van der Waals surface area contributed by atoms with E-state index in [1.54, 1.807) is 12.3 Å². The first-order valence-electron chi connectivity index (χ1n) is 5.03. The molecule has 0 aliphatic heterocycles. The van der Waals surface area contributed by atoms with E-state index in [-0.39, 0.29) is 0 Å². The van der Waals surface area contributed by atoms with Gasteiger partial charge in [0.2, 0.25) is 0 Å². The molecule has 0 aliphatic rings. The lowest BCUT2D eigenvalue weighted by molar-refractivity contribution is 0.313. The number of nitrogens with zero attached hydrogens (tertiary/aromatic N) is 3. The quantitative estimate of drug-likeness (QED) is 0.817. The number of rotatable bonds is 4. The third kappa shape index (κ3) is 2.47. The zero-order valence-corrected chi connectivity index (χ0v) is 9.19. The zero-order chi connectivity index (χ0) is 11.4. The Labute approximate surface area is 93.1 Å². The molecule has 6 nitrogen and oxygen atoms in total. The molecule has 0 spiro atoms. The van der Waals surface area contributed by atoms with E-state index < -0.39 is 0 Å². The van der Waals surface area contributed by atoms with Crippen LogP contribution in [0.4, 0.5) is 11.6 Å². The Balaban J connectivity index is 2.12. The van der Waals surface area contributed by atoms with Gasteiger partial charge in [0.05, 0.1) is 6.61 Å². The monoisotopic (exact) mass is 219 g/mol. The van der Waals surface area contributed by atoms with Gasteiger partial charge in [-0.15, -0.1) is 0 Å². The van der Waals surface area contributed by atoms with Crippen LogP contribution in [0.15, 0.2) is 18.3 Å². The van der Waals surface area contributed by atoms with Crippen LogP contribution < -0.4 is 10.1 Å². The average Bonchev–Trinajstić information content (AvgIpc) is 2.65. The summed E-state index contributed by atoms with van der Waals surface area (Å²) < 4.78 is 5.20. The third-order valence-electron chi connectivity index (χ3n) is 1.87. The first-order chi connectivity index (χ1) is 7.78. The van der Waals surface area contributed by atoms with Gasteiger partial charge < -0.3 is 10.1 Å². The van der Waals surface area contributed by atoms with Crippen molar-refractivity contribution in [2.75, 3.05) is 11.9 Å². The van der Waals surface area contributed by atoms with E-state index in [1.807, 2.05) is 19.9 Å². The summed E-state index contributed by atoms with van der Waals surface area (Å²) in [6, 6.07) is 4.01. The molecule has 0 saturated carbocycles. The Morgan fingerprint density at radius 3 is 3.00 bits per heavy atom. The van der Waals surface area contributed by atoms with Crippen molar-refractivity contribution < 1.29 is 4.74 Å². The molecule has 0 aliphatic carbocycles. The van der Waals surface area contributed by atoms with Gasteiger partial charge in [-0.1, -0.05) is 0 Å². The summed E-state index contributed by atoms with van der Waals surface area (Å²) in [6.07, 6.45) is 1.64. The molecule has 6 heteroatoms. The van der Waals surface area contributed by atoms with E-state index in [0.29, 0.717) is 18.4 Å². The maximum atomic E-state index is 5.20. The minimum Gasteiger partial charge on any atom is -0.464 e. The SMILES string of the molecule is CCOc1nccc(Nc2cc(C)[nH]n2)n1. The normalized spacial score (nSPS) is 10.1. The van der Waals surface area contributed by atoms with Crippen LogP contribution in [-0.2, 0) is 0 Å². The number of aromatic amines is 1. The van der Waals surface area contributed by atoms with Gasteiger partial charge in [0.25, 0.3) is 0 Å². The molecule has 84 valence electrons. The van der Waals surface area contributed by atoms with Crippen LogP contribution in [-0.4, -0.2) is 26.8 Å². The van der Waals surface area contributed by atoms with Gasteiger partial charge in [0, 0.05) is 18.0 Å². The van der Waals surface area contributed by atoms with E-state index in [0.717, 1.165) is 11.5 Å². The van der Waals surface area contributed by atoms with Crippen LogP contribution in [0.3, 0.4) is 0 Å². The lowest BCUT2D eigenvalue weighted by atomic mass is 10.4. The molecular weight excluding hydrogens is 206 g/mol. The second-order valence-corrected chi connectivity index (χ2v) is 3.22. The summed E-state index contributed by atoms with van der Waals surface area (Å²) >= 11 is 0. The van der Waals surface area contributed by atoms with Crippen molar-refractivity contribution in [3.05, 3.63) is 24.0 Å². The summed E-state index contributed by atoms with van der Waals surface area (Å²) in [5, 5.41) is 9.94. The van der Waals surface area contributed by atoms with E-state index in [4.69, 9.17) is 4.74 Å². The summed E-state index contributed by atoms with van der Waals surface area (Å²) in [5.74, 6) is 1.38. The second-order valence-electron chi connectivity index (χ2n) is 3.22. The van der Waals surface area contributed by atoms with Gasteiger partial charge >= 0.3 is 6.01 Å². The molecule has 2 rings (SSSR count). The predicted octanol–water partition coefficient (Wildman–Crippen LogP) is 1.65. The van der Waals surface area contributed by atoms with E-state index >= 15 is 0 Å². The Kier molecular flexibility index (Phi) is 3.00. The molecule has 0 saturated heterocycles. The first-order valence-corrected chi connectivity index (χ1v) is 5.03. The van der Waals surface area contributed by atoms with Crippen molar-refractivity contribution >= 4 is 11.6 Å². The third-order valence-corrected chi connectivity index (χ3v) is 1.87. The Bertz CT molecular complexity index is 468. The molecule has 0 atom stereocenters. The number of aromatic nitrogens is 4. The topological polar surface area (TPSA) is 75.7 Å². The number of H-pyrrole nitrogens is 1. The van der Waals surface area contributed by atoms with Crippen molar-refractivity contribution in [1.29, 1.82) is 0 Å².